The maximum Gasteiger partial charge on any atom is 0.298 e. The summed E-state index contributed by atoms with van der Waals surface area (Å²) >= 11 is 0. The standard InChI is InChI=1S/C50H36N4O6S/c1-50(2)39-17-11-10-16-34(39)35-25-37-36-24-33(29-18-20-30(21-19-29)46(56)38-26-45(61(57,58)59)44(60-3)28-43(38)55)22-23-41(36)54(42(37)27-40(35)50)49-52-47(31-12-6-4-7-13-31)51-48(53-49)32-14-8-5-9-15-32/h4-28,55H,1-3H3,(H,57,58,59). The lowest BCUT2D eigenvalue weighted by atomic mass is 9.82. The average Bonchev–Trinajstić information content (AvgIpc) is 3.72. The number of phenolic OH excluding ortho intramolecular Hbond substituents is 1. The number of fused-ring (bicyclic) bond motifs is 6. The zero-order chi connectivity index (χ0) is 42.2. The fourth-order valence-electron chi connectivity index (χ4n) is 8.57. The second-order valence-electron chi connectivity index (χ2n) is 15.6. The fourth-order valence-corrected chi connectivity index (χ4v) is 9.23. The summed E-state index contributed by atoms with van der Waals surface area (Å²) in [4.78, 5) is 28.2. The van der Waals surface area contributed by atoms with E-state index in [9.17, 15) is 22.9 Å². The Balaban J connectivity index is 1.15. The number of aromatic hydroxyl groups is 1. The van der Waals surface area contributed by atoms with E-state index in [1.807, 2.05) is 66.7 Å². The molecule has 2 N–H and O–H groups in total. The number of benzene rings is 7. The summed E-state index contributed by atoms with van der Waals surface area (Å²) in [6.07, 6.45) is 0. The van der Waals surface area contributed by atoms with E-state index in [-0.39, 0.29) is 22.3 Å². The topological polar surface area (TPSA) is 144 Å². The van der Waals surface area contributed by atoms with Crippen LogP contribution < -0.4 is 4.74 Å². The molecule has 0 amide bonds. The Morgan fingerprint density at radius 1 is 0.623 bits per heavy atom. The highest BCUT2D eigenvalue weighted by Crippen LogP contribution is 2.51. The van der Waals surface area contributed by atoms with Crippen LogP contribution in [0.5, 0.6) is 11.5 Å². The van der Waals surface area contributed by atoms with Crippen molar-refractivity contribution in [2.24, 2.45) is 0 Å². The Hall–Kier alpha value is -7.47. The summed E-state index contributed by atoms with van der Waals surface area (Å²) in [5, 5.41) is 12.6. The Bertz CT molecular complexity index is 3310. The van der Waals surface area contributed by atoms with E-state index in [1.165, 1.54) is 29.4 Å². The first-order chi connectivity index (χ1) is 29.4. The van der Waals surface area contributed by atoms with Crippen molar-refractivity contribution in [3.05, 3.63) is 174 Å². The van der Waals surface area contributed by atoms with E-state index in [0.717, 1.165) is 56.2 Å². The summed E-state index contributed by atoms with van der Waals surface area (Å²) in [7, 11) is -3.55. The lowest BCUT2D eigenvalue weighted by molar-refractivity contribution is 0.103. The van der Waals surface area contributed by atoms with Crippen LogP contribution in [0.25, 0.3) is 72.8 Å². The molecule has 7 aromatic carbocycles. The number of hydrogen-bond donors (Lipinski definition) is 2. The van der Waals surface area contributed by atoms with Crippen LogP contribution in [0.3, 0.4) is 0 Å². The molecule has 1 aliphatic rings. The number of carbonyl (C=O) groups excluding carboxylic acids is 1. The van der Waals surface area contributed by atoms with Crippen LogP contribution in [0.1, 0.15) is 40.9 Å². The molecule has 2 aromatic heterocycles. The highest BCUT2D eigenvalue weighted by molar-refractivity contribution is 7.86. The first-order valence-electron chi connectivity index (χ1n) is 19.5. The third-order valence-corrected chi connectivity index (χ3v) is 12.5. The number of phenols is 1. The molecule has 0 fully saturated rings. The van der Waals surface area contributed by atoms with E-state index in [2.05, 4.69) is 66.9 Å². The molecular formula is C50H36N4O6S. The van der Waals surface area contributed by atoms with Crippen molar-refractivity contribution in [1.82, 2.24) is 19.5 Å². The van der Waals surface area contributed by atoms with Gasteiger partial charge < -0.3 is 9.84 Å². The maximum absolute atomic E-state index is 13.6. The molecular weight excluding hydrogens is 785 g/mol. The molecule has 1 aliphatic carbocycles. The molecule has 11 heteroatoms. The summed E-state index contributed by atoms with van der Waals surface area (Å²) < 4.78 is 41.0. The Kier molecular flexibility index (Phi) is 8.72. The number of methoxy groups -OCH3 is 1. The van der Waals surface area contributed by atoms with Gasteiger partial charge in [0.05, 0.1) is 23.7 Å². The highest BCUT2D eigenvalue weighted by atomic mass is 32.2. The molecule has 0 unspecified atom stereocenters. The van der Waals surface area contributed by atoms with Gasteiger partial charge in [0.2, 0.25) is 5.95 Å². The van der Waals surface area contributed by atoms with Gasteiger partial charge in [0.25, 0.3) is 10.1 Å². The summed E-state index contributed by atoms with van der Waals surface area (Å²) in [5.74, 6) is 0.186. The lowest BCUT2D eigenvalue weighted by Crippen LogP contribution is -2.15. The molecule has 298 valence electrons. The predicted octanol–water partition coefficient (Wildman–Crippen LogP) is 10.5. The molecule has 0 radical (unpaired) electrons. The number of hydrogen-bond acceptors (Lipinski definition) is 8. The average molecular weight is 821 g/mol. The largest absolute Gasteiger partial charge is 0.507 e. The van der Waals surface area contributed by atoms with Crippen molar-refractivity contribution in [2.45, 2.75) is 24.2 Å². The van der Waals surface area contributed by atoms with Gasteiger partial charge in [-0.05, 0) is 63.7 Å². The summed E-state index contributed by atoms with van der Waals surface area (Å²) in [6, 6.07) is 47.9. The molecule has 2 heterocycles. The lowest BCUT2D eigenvalue weighted by Gasteiger charge is -2.21. The van der Waals surface area contributed by atoms with Gasteiger partial charge in [0.1, 0.15) is 16.4 Å². The van der Waals surface area contributed by atoms with Crippen LogP contribution in [0.15, 0.2) is 157 Å². The molecule has 61 heavy (non-hydrogen) atoms. The van der Waals surface area contributed by atoms with Crippen molar-refractivity contribution < 1.29 is 27.6 Å². The Labute approximate surface area is 351 Å². The van der Waals surface area contributed by atoms with Gasteiger partial charge in [-0.25, -0.2) is 4.98 Å². The molecule has 0 bridgehead atoms. The molecule has 10 nitrogen and oxygen atoms in total. The first-order valence-corrected chi connectivity index (χ1v) is 21.0. The molecule has 0 saturated carbocycles. The molecule has 9 aromatic rings. The second-order valence-corrected chi connectivity index (χ2v) is 17.0. The van der Waals surface area contributed by atoms with Gasteiger partial charge in [-0.2, -0.15) is 18.4 Å². The van der Waals surface area contributed by atoms with Gasteiger partial charge in [0.15, 0.2) is 17.4 Å². The third kappa shape index (κ3) is 6.25. The number of carbonyl (C=O) groups is 1. The molecule has 0 saturated heterocycles. The van der Waals surface area contributed by atoms with Crippen LogP contribution in [-0.4, -0.2) is 50.5 Å². The smallest absolute Gasteiger partial charge is 0.298 e. The minimum absolute atomic E-state index is 0.207. The van der Waals surface area contributed by atoms with Gasteiger partial charge in [-0.3, -0.25) is 13.9 Å². The van der Waals surface area contributed by atoms with Crippen LogP contribution >= 0.6 is 0 Å². The minimum atomic E-state index is -4.75. The SMILES string of the molecule is COc1cc(O)c(C(=O)c2ccc(-c3ccc4c(c3)c3cc5c(cc3n4-c3nc(-c4ccccc4)nc(-c4ccccc4)n3)C(C)(C)c3ccccc3-5)cc2)cc1S(=O)(=O)O. The van der Waals surface area contributed by atoms with Gasteiger partial charge in [-0.1, -0.05) is 129 Å². The number of rotatable bonds is 8. The number of ether oxygens (including phenoxy) is 1. The number of nitrogens with zero attached hydrogens (tertiary/aromatic N) is 4. The van der Waals surface area contributed by atoms with Crippen molar-refractivity contribution in [3.8, 4) is 62.5 Å². The highest BCUT2D eigenvalue weighted by Gasteiger charge is 2.36. The fraction of sp³-hybridized carbons (Fsp3) is 0.0800. The Morgan fingerprint density at radius 2 is 1.23 bits per heavy atom. The quantitative estimate of drug-likeness (QED) is 0.113. The number of ketones is 1. The van der Waals surface area contributed by atoms with Crippen molar-refractivity contribution in [2.75, 3.05) is 7.11 Å². The van der Waals surface area contributed by atoms with Gasteiger partial charge in [0, 0.05) is 38.9 Å². The zero-order valence-electron chi connectivity index (χ0n) is 33.2. The van der Waals surface area contributed by atoms with Gasteiger partial charge in [-0.15, -0.1) is 0 Å². The van der Waals surface area contributed by atoms with Gasteiger partial charge >= 0.3 is 0 Å². The molecule has 10 rings (SSSR count). The van der Waals surface area contributed by atoms with E-state index in [4.69, 9.17) is 19.7 Å². The molecule has 0 atom stereocenters. The van der Waals surface area contributed by atoms with Crippen LogP contribution in [0, 0.1) is 0 Å². The second kappa shape index (κ2) is 14.1. The van der Waals surface area contributed by atoms with Crippen LogP contribution in [0.4, 0.5) is 0 Å². The number of aromatic nitrogens is 4. The zero-order valence-corrected chi connectivity index (χ0v) is 34.0. The van der Waals surface area contributed by atoms with Crippen LogP contribution in [-0.2, 0) is 15.5 Å². The molecule has 0 aliphatic heterocycles. The summed E-state index contributed by atoms with van der Waals surface area (Å²) in [6.45, 7) is 4.52. The first kappa shape index (κ1) is 37.8. The van der Waals surface area contributed by atoms with Crippen molar-refractivity contribution >= 4 is 37.7 Å². The summed E-state index contributed by atoms with van der Waals surface area (Å²) in [5.41, 5.74) is 9.78. The Morgan fingerprint density at radius 3 is 1.87 bits per heavy atom. The van der Waals surface area contributed by atoms with E-state index in [1.54, 1.807) is 24.3 Å². The van der Waals surface area contributed by atoms with E-state index in [0.29, 0.717) is 17.6 Å². The van der Waals surface area contributed by atoms with Crippen molar-refractivity contribution in [3.63, 3.8) is 0 Å². The monoisotopic (exact) mass is 820 g/mol. The minimum Gasteiger partial charge on any atom is -0.507 e. The van der Waals surface area contributed by atoms with Crippen LogP contribution in [0.2, 0.25) is 0 Å². The van der Waals surface area contributed by atoms with E-state index >= 15 is 0 Å². The predicted molar refractivity (Wildman–Crippen MR) is 236 cm³/mol. The molecule has 0 spiro atoms. The van der Waals surface area contributed by atoms with Crippen molar-refractivity contribution in [1.29, 1.82) is 0 Å². The maximum atomic E-state index is 13.6. The third-order valence-electron chi connectivity index (χ3n) is 11.6. The normalized spacial score (nSPS) is 13.0. The van der Waals surface area contributed by atoms with E-state index < -0.39 is 26.5 Å².